The lowest BCUT2D eigenvalue weighted by molar-refractivity contribution is -0.138. The van der Waals surface area contributed by atoms with Crippen LogP contribution in [-0.2, 0) is 14.6 Å². The van der Waals surface area contributed by atoms with Crippen LogP contribution in [0.4, 0.5) is 0 Å². The van der Waals surface area contributed by atoms with Gasteiger partial charge in [-0.25, -0.2) is 8.42 Å². The second-order valence-corrected chi connectivity index (χ2v) is 9.57. The first kappa shape index (κ1) is 17.6. The molecule has 1 aliphatic rings. The van der Waals surface area contributed by atoms with E-state index in [0.29, 0.717) is 18.0 Å². The molecular formula is C15H19Cl2NO3S. The number of rotatable bonds is 2. The summed E-state index contributed by atoms with van der Waals surface area (Å²) < 4.78 is 25.4. The standard InChI is InChI=1S/C15H19Cl2NO3S/c1-15(2,3)14(19)18-7-6-11(9-18)22(20,21)13-5-4-10(16)8-12(13)17/h4-5,8,11H,6-7,9H2,1-3H3/t11-/m1/s1. The van der Waals surface area contributed by atoms with Crippen LogP contribution in [0, 0.1) is 5.41 Å². The molecule has 4 nitrogen and oxygen atoms in total. The molecule has 0 aliphatic carbocycles. The number of carbonyl (C=O) groups is 1. The van der Waals surface area contributed by atoms with Crippen molar-refractivity contribution in [3.05, 3.63) is 28.2 Å². The molecule has 1 fully saturated rings. The maximum atomic E-state index is 12.7. The number of amides is 1. The molecule has 0 unspecified atom stereocenters. The zero-order chi connectivity index (χ0) is 16.7. The van der Waals surface area contributed by atoms with E-state index in [4.69, 9.17) is 23.2 Å². The molecule has 0 saturated carbocycles. The van der Waals surface area contributed by atoms with E-state index < -0.39 is 20.5 Å². The van der Waals surface area contributed by atoms with Gasteiger partial charge in [0.1, 0.15) is 0 Å². The van der Waals surface area contributed by atoms with Crippen LogP contribution >= 0.6 is 23.2 Å². The van der Waals surface area contributed by atoms with Crippen molar-refractivity contribution >= 4 is 38.9 Å². The average Bonchev–Trinajstić information content (AvgIpc) is 2.86. The fourth-order valence-electron chi connectivity index (χ4n) is 2.53. The number of carbonyl (C=O) groups excluding carboxylic acids is 1. The van der Waals surface area contributed by atoms with Crippen molar-refractivity contribution in [2.45, 2.75) is 37.3 Å². The van der Waals surface area contributed by atoms with Crippen LogP contribution in [0.5, 0.6) is 0 Å². The van der Waals surface area contributed by atoms with E-state index in [2.05, 4.69) is 0 Å². The normalized spacial score (nSPS) is 19.5. The molecule has 1 saturated heterocycles. The molecule has 0 N–H and O–H groups in total. The van der Waals surface area contributed by atoms with Crippen molar-refractivity contribution in [2.75, 3.05) is 13.1 Å². The largest absolute Gasteiger partial charge is 0.341 e. The monoisotopic (exact) mass is 363 g/mol. The number of nitrogens with zero attached hydrogens (tertiary/aromatic N) is 1. The van der Waals surface area contributed by atoms with Crippen LogP contribution in [0.25, 0.3) is 0 Å². The Kier molecular flexibility index (Phi) is 4.81. The molecular weight excluding hydrogens is 345 g/mol. The van der Waals surface area contributed by atoms with Gasteiger partial charge in [0.2, 0.25) is 5.91 Å². The fraction of sp³-hybridized carbons (Fsp3) is 0.533. The molecule has 22 heavy (non-hydrogen) atoms. The van der Waals surface area contributed by atoms with E-state index in [-0.39, 0.29) is 22.4 Å². The molecule has 1 aliphatic heterocycles. The van der Waals surface area contributed by atoms with Gasteiger partial charge in [-0.15, -0.1) is 0 Å². The second-order valence-electron chi connectivity index (χ2n) is 6.53. The van der Waals surface area contributed by atoms with Crippen molar-refractivity contribution in [3.63, 3.8) is 0 Å². The van der Waals surface area contributed by atoms with Gasteiger partial charge in [0, 0.05) is 23.5 Å². The summed E-state index contributed by atoms with van der Waals surface area (Å²) in [6.07, 6.45) is 0.420. The molecule has 0 spiro atoms. The van der Waals surface area contributed by atoms with E-state index in [1.54, 1.807) is 4.90 Å². The zero-order valence-corrected chi connectivity index (χ0v) is 15.1. The Morgan fingerprint density at radius 1 is 1.27 bits per heavy atom. The fourth-order valence-corrected chi connectivity index (χ4v) is 5.00. The third-order valence-corrected chi connectivity index (χ3v) is 6.60. The maximum absolute atomic E-state index is 12.7. The van der Waals surface area contributed by atoms with Gasteiger partial charge in [-0.3, -0.25) is 4.79 Å². The van der Waals surface area contributed by atoms with Crippen molar-refractivity contribution in [2.24, 2.45) is 5.41 Å². The van der Waals surface area contributed by atoms with Gasteiger partial charge in [0.05, 0.1) is 15.2 Å². The predicted molar refractivity (Wildman–Crippen MR) is 88.1 cm³/mol. The summed E-state index contributed by atoms with van der Waals surface area (Å²) >= 11 is 11.8. The number of benzene rings is 1. The number of likely N-dealkylation sites (tertiary alicyclic amines) is 1. The Balaban J connectivity index is 2.24. The third-order valence-electron chi connectivity index (χ3n) is 3.71. The Labute approximate surface area is 141 Å². The quantitative estimate of drug-likeness (QED) is 0.808. The van der Waals surface area contributed by atoms with Gasteiger partial charge in [0.15, 0.2) is 9.84 Å². The lowest BCUT2D eigenvalue weighted by atomic mass is 9.95. The van der Waals surface area contributed by atoms with Crippen LogP contribution in [0.3, 0.4) is 0 Å². The number of hydrogen-bond donors (Lipinski definition) is 0. The third kappa shape index (κ3) is 3.42. The first-order chi connectivity index (χ1) is 10.0. The maximum Gasteiger partial charge on any atom is 0.227 e. The van der Waals surface area contributed by atoms with Gasteiger partial charge in [-0.2, -0.15) is 0 Å². The number of sulfone groups is 1. The van der Waals surface area contributed by atoms with Crippen LogP contribution < -0.4 is 0 Å². The van der Waals surface area contributed by atoms with E-state index in [1.807, 2.05) is 20.8 Å². The zero-order valence-electron chi connectivity index (χ0n) is 12.8. The highest BCUT2D eigenvalue weighted by molar-refractivity contribution is 7.92. The van der Waals surface area contributed by atoms with Gasteiger partial charge in [0.25, 0.3) is 0 Å². The van der Waals surface area contributed by atoms with E-state index in [9.17, 15) is 13.2 Å². The summed E-state index contributed by atoms with van der Waals surface area (Å²) in [5.41, 5.74) is -0.517. The number of halogens is 2. The summed E-state index contributed by atoms with van der Waals surface area (Å²) in [7, 11) is -3.58. The molecule has 122 valence electrons. The lowest BCUT2D eigenvalue weighted by Crippen LogP contribution is -2.39. The molecule has 0 bridgehead atoms. The average molecular weight is 364 g/mol. The van der Waals surface area contributed by atoms with Gasteiger partial charge in [-0.05, 0) is 24.6 Å². The summed E-state index contributed by atoms with van der Waals surface area (Å²) in [6, 6.07) is 4.35. The summed E-state index contributed by atoms with van der Waals surface area (Å²) in [5, 5.41) is -0.120. The molecule has 0 radical (unpaired) electrons. The molecule has 1 aromatic carbocycles. The van der Waals surface area contributed by atoms with E-state index in [0.717, 1.165) is 0 Å². The summed E-state index contributed by atoms with van der Waals surface area (Å²) in [6.45, 7) is 6.14. The summed E-state index contributed by atoms with van der Waals surface area (Å²) in [4.78, 5) is 14.0. The molecule has 1 aromatic rings. The van der Waals surface area contributed by atoms with Crippen molar-refractivity contribution in [1.82, 2.24) is 4.90 Å². The SMILES string of the molecule is CC(C)(C)C(=O)N1CC[C@@H](S(=O)(=O)c2ccc(Cl)cc2Cl)C1. The summed E-state index contributed by atoms with van der Waals surface area (Å²) in [5.74, 6) is -0.0348. The predicted octanol–water partition coefficient (Wildman–Crippen LogP) is 3.41. The molecule has 2 rings (SSSR count). The topological polar surface area (TPSA) is 54.5 Å². The number of hydrogen-bond acceptors (Lipinski definition) is 3. The Hall–Kier alpha value is -0.780. The highest BCUT2D eigenvalue weighted by Crippen LogP contribution is 2.32. The van der Waals surface area contributed by atoms with Crippen molar-refractivity contribution in [1.29, 1.82) is 0 Å². The highest BCUT2D eigenvalue weighted by atomic mass is 35.5. The minimum Gasteiger partial charge on any atom is -0.341 e. The minimum atomic E-state index is -3.58. The van der Waals surface area contributed by atoms with E-state index in [1.165, 1.54) is 18.2 Å². The molecule has 0 aromatic heterocycles. The van der Waals surface area contributed by atoms with Crippen molar-refractivity contribution < 1.29 is 13.2 Å². The molecule has 1 heterocycles. The van der Waals surface area contributed by atoms with Crippen LogP contribution in [0.2, 0.25) is 10.0 Å². The van der Waals surface area contributed by atoms with E-state index >= 15 is 0 Å². The first-order valence-electron chi connectivity index (χ1n) is 7.02. The second kappa shape index (κ2) is 6.02. The smallest absolute Gasteiger partial charge is 0.227 e. The lowest BCUT2D eigenvalue weighted by Gasteiger charge is -2.25. The van der Waals surface area contributed by atoms with Gasteiger partial charge >= 0.3 is 0 Å². The highest BCUT2D eigenvalue weighted by Gasteiger charge is 2.39. The molecule has 1 amide bonds. The Morgan fingerprint density at radius 2 is 1.91 bits per heavy atom. The first-order valence-corrected chi connectivity index (χ1v) is 9.32. The van der Waals surface area contributed by atoms with Crippen LogP contribution in [-0.4, -0.2) is 37.6 Å². The Morgan fingerprint density at radius 3 is 2.45 bits per heavy atom. The van der Waals surface area contributed by atoms with Crippen molar-refractivity contribution in [3.8, 4) is 0 Å². The van der Waals surface area contributed by atoms with Gasteiger partial charge < -0.3 is 4.90 Å². The molecule has 1 atom stereocenters. The molecule has 7 heteroatoms. The van der Waals surface area contributed by atoms with Crippen LogP contribution in [0.1, 0.15) is 27.2 Å². The Bertz CT molecular complexity index is 695. The van der Waals surface area contributed by atoms with Crippen LogP contribution in [0.15, 0.2) is 23.1 Å². The minimum absolute atomic E-state index is 0.0348. The van der Waals surface area contributed by atoms with Gasteiger partial charge in [-0.1, -0.05) is 44.0 Å².